The lowest BCUT2D eigenvalue weighted by Crippen LogP contribution is -2.16. The molecule has 86 valence electrons. The Hall–Kier alpha value is -0.850. The minimum absolute atomic E-state index is 0.813. The highest BCUT2D eigenvalue weighted by Crippen LogP contribution is 2.26. The van der Waals surface area contributed by atoms with E-state index in [0.717, 1.165) is 23.9 Å². The van der Waals surface area contributed by atoms with Gasteiger partial charge in [-0.05, 0) is 31.0 Å². The normalized spacial score (nSPS) is 16.4. The number of nitrogens with one attached hydrogen (secondary N) is 1. The fraction of sp³-hybridized carbons (Fsp3) is 0.615. The zero-order valence-corrected chi connectivity index (χ0v) is 10.4. The number of hydrogen-bond acceptors (Lipinski definition) is 3. The number of thiophene rings is 1. The molecule has 0 bridgehead atoms. The van der Waals surface area contributed by atoms with E-state index in [1.54, 1.807) is 11.3 Å². The molecular formula is C13H18N2S. The molecule has 1 aliphatic carbocycles. The molecule has 1 aromatic heterocycles. The predicted molar refractivity (Wildman–Crippen MR) is 67.3 cm³/mol. The Balaban J connectivity index is 1.62. The standard InChI is InChI=1S/C13H18N2S/c14-9-12-5-6-13(16-12)10-15-8-7-11-3-1-2-4-11/h5-6,11,15H,1-4,7-8,10H2. The SMILES string of the molecule is N#Cc1ccc(CNCCC2CCCC2)s1. The van der Waals surface area contributed by atoms with E-state index >= 15 is 0 Å². The largest absolute Gasteiger partial charge is 0.312 e. The van der Waals surface area contributed by atoms with Crippen LogP contribution in [0.4, 0.5) is 0 Å². The van der Waals surface area contributed by atoms with Gasteiger partial charge >= 0.3 is 0 Å². The van der Waals surface area contributed by atoms with E-state index in [2.05, 4.69) is 11.4 Å². The number of hydrogen-bond donors (Lipinski definition) is 1. The topological polar surface area (TPSA) is 35.8 Å². The van der Waals surface area contributed by atoms with E-state index in [1.807, 2.05) is 12.1 Å². The average Bonchev–Trinajstić information content (AvgIpc) is 2.95. The summed E-state index contributed by atoms with van der Waals surface area (Å²) in [5.41, 5.74) is 0. The van der Waals surface area contributed by atoms with Crippen LogP contribution in [0.5, 0.6) is 0 Å². The van der Waals surface area contributed by atoms with Gasteiger partial charge < -0.3 is 5.32 Å². The van der Waals surface area contributed by atoms with E-state index in [9.17, 15) is 0 Å². The zero-order valence-electron chi connectivity index (χ0n) is 9.54. The highest BCUT2D eigenvalue weighted by atomic mass is 32.1. The summed E-state index contributed by atoms with van der Waals surface area (Å²) < 4.78 is 0. The van der Waals surface area contributed by atoms with Gasteiger partial charge in [0, 0.05) is 11.4 Å². The van der Waals surface area contributed by atoms with Crippen molar-refractivity contribution < 1.29 is 0 Å². The Morgan fingerprint density at radius 2 is 2.19 bits per heavy atom. The first-order chi connectivity index (χ1) is 7.88. The fourth-order valence-electron chi connectivity index (χ4n) is 2.35. The summed E-state index contributed by atoms with van der Waals surface area (Å²) in [5.74, 6) is 0.963. The highest BCUT2D eigenvalue weighted by Gasteiger charge is 2.13. The lowest BCUT2D eigenvalue weighted by molar-refractivity contribution is 0.478. The molecular weight excluding hydrogens is 216 g/mol. The second-order valence-corrected chi connectivity index (χ2v) is 5.66. The van der Waals surface area contributed by atoms with Crippen molar-refractivity contribution in [1.29, 1.82) is 5.26 Å². The summed E-state index contributed by atoms with van der Waals surface area (Å²) in [6, 6.07) is 6.12. The van der Waals surface area contributed by atoms with Crippen LogP contribution in [0, 0.1) is 17.2 Å². The van der Waals surface area contributed by atoms with Gasteiger partial charge in [0.1, 0.15) is 10.9 Å². The van der Waals surface area contributed by atoms with Gasteiger partial charge in [-0.2, -0.15) is 5.26 Å². The second-order valence-electron chi connectivity index (χ2n) is 4.49. The van der Waals surface area contributed by atoms with Crippen LogP contribution in [0.25, 0.3) is 0 Å². The van der Waals surface area contributed by atoms with Crippen molar-refractivity contribution >= 4 is 11.3 Å². The zero-order chi connectivity index (χ0) is 11.2. The van der Waals surface area contributed by atoms with Crippen LogP contribution in [0.15, 0.2) is 12.1 Å². The Labute approximate surface area is 101 Å². The minimum atomic E-state index is 0.813. The molecule has 1 saturated carbocycles. The van der Waals surface area contributed by atoms with Crippen molar-refractivity contribution in [3.8, 4) is 6.07 Å². The lowest BCUT2D eigenvalue weighted by Gasteiger charge is -2.08. The molecule has 0 radical (unpaired) electrons. The number of rotatable bonds is 5. The molecule has 0 aliphatic heterocycles. The van der Waals surface area contributed by atoms with E-state index in [4.69, 9.17) is 5.26 Å². The smallest absolute Gasteiger partial charge is 0.110 e. The molecule has 1 aliphatic rings. The van der Waals surface area contributed by atoms with E-state index in [-0.39, 0.29) is 0 Å². The van der Waals surface area contributed by atoms with Crippen molar-refractivity contribution in [3.05, 3.63) is 21.9 Å². The molecule has 2 nitrogen and oxygen atoms in total. The molecule has 1 aromatic rings. The third-order valence-corrected chi connectivity index (χ3v) is 4.27. The summed E-state index contributed by atoms with van der Waals surface area (Å²) in [5, 5.41) is 12.2. The molecule has 1 fully saturated rings. The van der Waals surface area contributed by atoms with E-state index < -0.39 is 0 Å². The van der Waals surface area contributed by atoms with Gasteiger partial charge in [-0.25, -0.2) is 0 Å². The lowest BCUT2D eigenvalue weighted by atomic mass is 10.0. The molecule has 0 atom stereocenters. The number of nitrogens with zero attached hydrogens (tertiary/aromatic N) is 1. The fourth-order valence-corrected chi connectivity index (χ4v) is 3.12. The molecule has 0 amide bonds. The maximum absolute atomic E-state index is 8.71. The summed E-state index contributed by atoms with van der Waals surface area (Å²) in [6.45, 7) is 2.03. The molecule has 1 N–H and O–H groups in total. The Morgan fingerprint density at radius 3 is 2.88 bits per heavy atom. The maximum Gasteiger partial charge on any atom is 0.110 e. The quantitative estimate of drug-likeness (QED) is 0.794. The summed E-state index contributed by atoms with van der Waals surface area (Å²) in [7, 11) is 0. The van der Waals surface area contributed by atoms with E-state index in [1.165, 1.54) is 37.0 Å². The maximum atomic E-state index is 8.71. The average molecular weight is 234 g/mol. The van der Waals surface area contributed by atoms with Crippen LogP contribution in [-0.2, 0) is 6.54 Å². The molecule has 0 unspecified atom stereocenters. The van der Waals surface area contributed by atoms with Crippen LogP contribution < -0.4 is 5.32 Å². The van der Waals surface area contributed by atoms with Gasteiger partial charge in [0.15, 0.2) is 0 Å². The minimum Gasteiger partial charge on any atom is -0.312 e. The van der Waals surface area contributed by atoms with Gasteiger partial charge in [0.25, 0.3) is 0 Å². The van der Waals surface area contributed by atoms with Gasteiger partial charge in [0.05, 0.1) is 0 Å². The van der Waals surface area contributed by atoms with Gasteiger partial charge in [-0.3, -0.25) is 0 Å². The van der Waals surface area contributed by atoms with Crippen molar-refractivity contribution in [2.24, 2.45) is 5.92 Å². The van der Waals surface area contributed by atoms with Gasteiger partial charge in [-0.15, -0.1) is 11.3 Å². The predicted octanol–water partition coefficient (Wildman–Crippen LogP) is 3.29. The van der Waals surface area contributed by atoms with Gasteiger partial charge in [-0.1, -0.05) is 25.7 Å². The molecule has 3 heteroatoms. The third kappa shape index (κ3) is 3.33. The first-order valence-electron chi connectivity index (χ1n) is 6.08. The Bertz CT molecular complexity index is 358. The first-order valence-corrected chi connectivity index (χ1v) is 6.89. The Kier molecular flexibility index (Phi) is 4.38. The molecule has 2 rings (SSSR count). The first kappa shape index (κ1) is 11.6. The van der Waals surface area contributed by atoms with Crippen LogP contribution in [0.2, 0.25) is 0 Å². The van der Waals surface area contributed by atoms with Crippen molar-refractivity contribution in [2.75, 3.05) is 6.54 Å². The highest BCUT2D eigenvalue weighted by molar-refractivity contribution is 7.12. The summed E-state index contributed by atoms with van der Waals surface area (Å²) in [6.07, 6.45) is 7.04. The van der Waals surface area contributed by atoms with E-state index in [0.29, 0.717) is 0 Å². The molecule has 1 heterocycles. The molecule has 0 aromatic carbocycles. The second kappa shape index (κ2) is 6.03. The molecule has 0 saturated heterocycles. The third-order valence-electron chi connectivity index (χ3n) is 3.28. The number of nitriles is 1. The summed E-state index contributed by atoms with van der Waals surface area (Å²) >= 11 is 1.59. The van der Waals surface area contributed by atoms with Crippen molar-refractivity contribution in [2.45, 2.75) is 38.6 Å². The molecule has 0 spiro atoms. The van der Waals surface area contributed by atoms with Crippen LogP contribution >= 0.6 is 11.3 Å². The Morgan fingerprint density at radius 1 is 1.38 bits per heavy atom. The van der Waals surface area contributed by atoms with Gasteiger partial charge in [0.2, 0.25) is 0 Å². The van der Waals surface area contributed by atoms with Crippen LogP contribution in [-0.4, -0.2) is 6.54 Å². The van der Waals surface area contributed by atoms with Crippen molar-refractivity contribution in [1.82, 2.24) is 5.32 Å². The summed E-state index contributed by atoms with van der Waals surface area (Å²) in [4.78, 5) is 2.08. The monoisotopic (exact) mass is 234 g/mol. The van der Waals surface area contributed by atoms with Crippen molar-refractivity contribution in [3.63, 3.8) is 0 Å². The van der Waals surface area contributed by atoms with Crippen LogP contribution in [0.3, 0.4) is 0 Å². The van der Waals surface area contributed by atoms with Crippen LogP contribution in [0.1, 0.15) is 41.9 Å². The molecule has 16 heavy (non-hydrogen) atoms.